The van der Waals surface area contributed by atoms with Gasteiger partial charge in [0, 0.05) is 48.0 Å². The molecule has 0 spiro atoms. The van der Waals surface area contributed by atoms with Crippen molar-refractivity contribution in [2.45, 2.75) is 26.8 Å². The zero-order chi connectivity index (χ0) is 21.4. The zero-order valence-corrected chi connectivity index (χ0v) is 18.1. The van der Waals surface area contributed by atoms with Gasteiger partial charge in [-0.25, -0.2) is 0 Å². The number of hydrogen-bond acceptors (Lipinski definition) is 5. The first-order chi connectivity index (χ1) is 15.0. The Morgan fingerprint density at radius 2 is 1.68 bits per heavy atom. The largest absolute Gasteiger partial charge is 0.486 e. The molecule has 2 aliphatic heterocycles. The standard InChI is InChI=1S/C25H29N3O3/c1-16-9-17(2)15-28(14-16)21-5-3-20(4-6-21)26-13-19-10-18-11-23-24(31-8-7-30-23)12-22(18)27-25(19)29/h3-6,10-12,16-17,26H,7-9,13-15H2,1-2H3,(H,27,29)/t16-,17-/m1/s1. The average Bonchev–Trinajstić information content (AvgIpc) is 2.76. The number of ether oxygens (including phenoxy) is 2. The van der Waals surface area contributed by atoms with Gasteiger partial charge in [0.1, 0.15) is 13.2 Å². The predicted molar refractivity (Wildman–Crippen MR) is 124 cm³/mol. The maximum absolute atomic E-state index is 12.6. The molecule has 0 radical (unpaired) electrons. The highest BCUT2D eigenvalue weighted by Gasteiger charge is 2.21. The fourth-order valence-electron chi connectivity index (χ4n) is 4.78. The number of aromatic amines is 1. The van der Waals surface area contributed by atoms with Crippen LogP contribution in [0.4, 0.5) is 11.4 Å². The third-order valence-electron chi connectivity index (χ3n) is 6.17. The summed E-state index contributed by atoms with van der Waals surface area (Å²) in [6.45, 7) is 8.41. The fourth-order valence-corrected chi connectivity index (χ4v) is 4.78. The van der Waals surface area contributed by atoms with E-state index in [1.807, 2.05) is 18.2 Å². The molecule has 31 heavy (non-hydrogen) atoms. The van der Waals surface area contributed by atoms with Gasteiger partial charge in [-0.05, 0) is 54.7 Å². The van der Waals surface area contributed by atoms with Crippen LogP contribution in [0.25, 0.3) is 10.9 Å². The molecule has 1 fully saturated rings. The third kappa shape index (κ3) is 4.20. The lowest BCUT2D eigenvalue weighted by Crippen LogP contribution is -2.38. The van der Waals surface area contributed by atoms with Crippen LogP contribution in [0.15, 0.2) is 47.3 Å². The first-order valence-corrected chi connectivity index (χ1v) is 11.1. The summed E-state index contributed by atoms with van der Waals surface area (Å²) in [4.78, 5) is 18.0. The smallest absolute Gasteiger partial charge is 0.253 e. The molecule has 6 heteroatoms. The molecule has 6 nitrogen and oxygen atoms in total. The number of anilines is 2. The molecule has 2 aromatic carbocycles. The Labute approximate surface area is 182 Å². The van der Waals surface area contributed by atoms with E-state index >= 15 is 0 Å². The molecular formula is C25H29N3O3. The SMILES string of the molecule is C[C@@H]1C[C@@H](C)CN(c2ccc(NCc3cc4cc5c(cc4[nH]c3=O)OCCO5)cc2)C1. The van der Waals surface area contributed by atoms with E-state index in [1.165, 1.54) is 12.1 Å². The lowest BCUT2D eigenvalue weighted by Gasteiger charge is -2.36. The molecule has 0 unspecified atom stereocenters. The van der Waals surface area contributed by atoms with Gasteiger partial charge >= 0.3 is 0 Å². The summed E-state index contributed by atoms with van der Waals surface area (Å²) >= 11 is 0. The van der Waals surface area contributed by atoms with Crippen molar-refractivity contribution in [3.63, 3.8) is 0 Å². The van der Waals surface area contributed by atoms with Gasteiger partial charge in [0.2, 0.25) is 0 Å². The summed E-state index contributed by atoms with van der Waals surface area (Å²) in [5.74, 6) is 2.85. The molecule has 0 saturated carbocycles. The fraction of sp³-hybridized carbons (Fsp3) is 0.400. The molecule has 0 aliphatic carbocycles. The Balaban J connectivity index is 1.30. The topological polar surface area (TPSA) is 66.6 Å². The van der Waals surface area contributed by atoms with Crippen LogP contribution in [0.1, 0.15) is 25.8 Å². The van der Waals surface area contributed by atoms with E-state index in [0.29, 0.717) is 31.1 Å². The van der Waals surface area contributed by atoms with Gasteiger partial charge in [-0.2, -0.15) is 0 Å². The van der Waals surface area contributed by atoms with Gasteiger partial charge in [0.15, 0.2) is 11.5 Å². The normalized spacial score (nSPS) is 20.6. The second-order valence-electron chi connectivity index (χ2n) is 8.96. The van der Waals surface area contributed by atoms with Crippen molar-refractivity contribution >= 4 is 22.3 Å². The highest BCUT2D eigenvalue weighted by Crippen LogP contribution is 2.33. The monoisotopic (exact) mass is 419 g/mol. The summed E-state index contributed by atoms with van der Waals surface area (Å²) in [7, 11) is 0. The maximum atomic E-state index is 12.6. The van der Waals surface area contributed by atoms with Crippen molar-refractivity contribution in [1.29, 1.82) is 0 Å². The number of piperidine rings is 1. The van der Waals surface area contributed by atoms with Crippen molar-refractivity contribution < 1.29 is 9.47 Å². The molecule has 5 rings (SSSR count). The number of H-pyrrole nitrogens is 1. The van der Waals surface area contributed by atoms with Crippen LogP contribution >= 0.6 is 0 Å². The number of nitrogens with zero attached hydrogens (tertiary/aromatic N) is 1. The molecule has 1 aromatic heterocycles. The van der Waals surface area contributed by atoms with E-state index in [-0.39, 0.29) is 5.56 Å². The van der Waals surface area contributed by atoms with E-state index in [0.717, 1.165) is 47.3 Å². The summed E-state index contributed by atoms with van der Waals surface area (Å²) in [6, 6.07) is 14.2. The van der Waals surface area contributed by atoms with Crippen molar-refractivity contribution in [3.05, 3.63) is 58.4 Å². The number of rotatable bonds is 4. The molecule has 0 bridgehead atoms. The van der Waals surface area contributed by atoms with E-state index < -0.39 is 0 Å². The van der Waals surface area contributed by atoms with Gasteiger partial charge in [-0.15, -0.1) is 0 Å². The van der Waals surface area contributed by atoms with E-state index in [1.54, 1.807) is 0 Å². The number of nitrogens with one attached hydrogen (secondary N) is 2. The maximum Gasteiger partial charge on any atom is 0.253 e. The van der Waals surface area contributed by atoms with Crippen LogP contribution in [0.5, 0.6) is 11.5 Å². The molecule has 2 atom stereocenters. The Morgan fingerprint density at radius 3 is 2.39 bits per heavy atom. The van der Waals surface area contributed by atoms with E-state index in [2.05, 4.69) is 53.3 Å². The molecule has 2 aliphatic rings. The highest BCUT2D eigenvalue weighted by molar-refractivity contribution is 5.83. The van der Waals surface area contributed by atoms with Crippen LogP contribution in [-0.2, 0) is 6.54 Å². The van der Waals surface area contributed by atoms with Crippen LogP contribution < -0.4 is 25.2 Å². The first kappa shape index (κ1) is 19.8. The summed E-state index contributed by atoms with van der Waals surface area (Å²) in [5, 5.41) is 4.32. The second-order valence-corrected chi connectivity index (χ2v) is 8.96. The number of benzene rings is 2. The third-order valence-corrected chi connectivity index (χ3v) is 6.17. The molecule has 3 aromatic rings. The summed E-state index contributed by atoms with van der Waals surface area (Å²) < 4.78 is 11.3. The molecular weight excluding hydrogens is 390 g/mol. The van der Waals surface area contributed by atoms with Crippen LogP contribution in [0.3, 0.4) is 0 Å². The molecule has 2 N–H and O–H groups in total. The minimum Gasteiger partial charge on any atom is -0.486 e. The number of fused-ring (bicyclic) bond motifs is 2. The lowest BCUT2D eigenvalue weighted by atomic mass is 9.91. The van der Waals surface area contributed by atoms with Crippen molar-refractivity contribution in [1.82, 2.24) is 4.98 Å². The Hall–Kier alpha value is -3.15. The Kier molecular flexibility index (Phi) is 5.22. The quantitative estimate of drug-likeness (QED) is 0.656. The Bertz CT molecular complexity index is 1130. The lowest BCUT2D eigenvalue weighted by molar-refractivity contribution is 0.172. The molecule has 3 heterocycles. The van der Waals surface area contributed by atoms with Gasteiger partial charge in [-0.3, -0.25) is 4.79 Å². The summed E-state index contributed by atoms with van der Waals surface area (Å²) in [6.07, 6.45) is 1.30. The van der Waals surface area contributed by atoms with Crippen molar-refractivity contribution in [2.24, 2.45) is 11.8 Å². The Morgan fingerprint density at radius 1 is 1.00 bits per heavy atom. The zero-order valence-electron chi connectivity index (χ0n) is 18.1. The van der Waals surface area contributed by atoms with Crippen LogP contribution in [0.2, 0.25) is 0 Å². The second kappa shape index (κ2) is 8.17. The van der Waals surface area contributed by atoms with E-state index in [4.69, 9.17) is 9.47 Å². The van der Waals surface area contributed by atoms with Gasteiger partial charge in [0.25, 0.3) is 5.56 Å². The number of aromatic nitrogens is 1. The predicted octanol–water partition coefficient (Wildman–Crippen LogP) is 4.39. The van der Waals surface area contributed by atoms with Crippen LogP contribution in [0, 0.1) is 11.8 Å². The first-order valence-electron chi connectivity index (χ1n) is 11.1. The van der Waals surface area contributed by atoms with Gasteiger partial charge < -0.3 is 24.7 Å². The van der Waals surface area contributed by atoms with Crippen molar-refractivity contribution in [2.75, 3.05) is 36.5 Å². The molecule has 0 amide bonds. The van der Waals surface area contributed by atoms with Gasteiger partial charge in [0.05, 0.1) is 5.52 Å². The highest BCUT2D eigenvalue weighted by atomic mass is 16.6. The minimum atomic E-state index is -0.0930. The van der Waals surface area contributed by atoms with Crippen LogP contribution in [-0.4, -0.2) is 31.3 Å². The molecule has 162 valence electrons. The molecule has 1 saturated heterocycles. The summed E-state index contributed by atoms with van der Waals surface area (Å²) in [5.41, 5.74) is 3.62. The van der Waals surface area contributed by atoms with Gasteiger partial charge in [-0.1, -0.05) is 13.8 Å². The number of pyridine rings is 1. The number of hydrogen-bond donors (Lipinski definition) is 2. The van der Waals surface area contributed by atoms with E-state index in [9.17, 15) is 4.79 Å². The minimum absolute atomic E-state index is 0.0930. The average molecular weight is 420 g/mol. The van der Waals surface area contributed by atoms with Crippen molar-refractivity contribution in [3.8, 4) is 11.5 Å².